The van der Waals surface area contributed by atoms with Gasteiger partial charge in [-0.2, -0.15) is 0 Å². The second-order valence-electron chi connectivity index (χ2n) is 5.23. The van der Waals surface area contributed by atoms with Crippen molar-refractivity contribution in [3.8, 4) is 0 Å². The topological polar surface area (TPSA) is 67.6 Å². The number of nitrogens with two attached hydrogens (primary N) is 1. The number of likely N-dealkylation sites (N-methyl/N-ethyl adjacent to an activating group) is 1. The van der Waals surface area contributed by atoms with E-state index in [2.05, 4.69) is 5.43 Å². The number of hydrazine groups is 1. The van der Waals surface area contributed by atoms with Gasteiger partial charge < -0.3 is 10.5 Å². The number of benzene rings is 1. The fraction of sp³-hybridized carbons (Fsp3) is 0.533. The second-order valence-corrected chi connectivity index (χ2v) is 5.23. The van der Waals surface area contributed by atoms with Crippen LogP contribution in [0, 0.1) is 19.7 Å². The number of rotatable bonds is 7. The fourth-order valence-corrected chi connectivity index (χ4v) is 2.43. The number of halogens is 1. The molecular formula is C15H24FN3O2. The van der Waals surface area contributed by atoms with E-state index in [1.165, 1.54) is 6.07 Å². The summed E-state index contributed by atoms with van der Waals surface area (Å²) in [4.78, 5) is 10.7. The maximum atomic E-state index is 14.2. The van der Waals surface area contributed by atoms with E-state index in [0.717, 1.165) is 11.1 Å². The van der Waals surface area contributed by atoms with Gasteiger partial charge >= 0.3 is 0 Å². The van der Waals surface area contributed by atoms with Gasteiger partial charge in [-0.3, -0.25) is 10.2 Å². The molecule has 1 rings (SSSR count). The Bertz CT molecular complexity index is 496. The molecule has 0 aliphatic carbocycles. The lowest BCUT2D eigenvalue weighted by Crippen LogP contribution is -2.54. The largest absolute Gasteiger partial charge is 0.446 e. The predicted molar refractivity (Wildman–Crippen MR) is 80.0 cm³/mol. The van der Waals surface area contributed by atoms with Crippen LogP contribution >= 0.6 is 0 Å². The van der Waals surface area contributed by atoms with E-state index in [0.29, 0.717) is 12.0 Å². The van der Waals surface area contributed by atoms with E-state index in [1.807, 2.05) is 20.8 Å². The lowest BCUT2D eigenvalue weighted by molar-refractivity contribution is -0.147. The van der Waals surface area contributed by atoms with Crippen molar-refractivity contribution >= 4 is 6.47 Å². The Morgan fingerprint density at radius 1 is 1.43 bits per heavy atom. The minimum absolute atomic E-state index is 0.294. The number of aryl methyl sites for hydroxylation is 1. The van der Waals surface area contributed by atoms with Gasteiger partial charge in [-0.25, -0.2) is 9.40 Å². The summed E-state index contributed by atoms with van der Waals surface area (Å²) in [6.45, 7) is 5.98. The molecule has 21 heavy (non-hydrogen) atoms. The SMILES string of the molecule is CNN(C)C(OC=O)C(N)C(C)c1c(F)ccc(C)c1C. The van der Waals surface area contributed by atoms with Gasteiger partial charge in [0.25, 0.3) is 6.47 Å². The van der Waals surface area contributed by atoms with Gasteiger partial charge in [0, 0.05) is 13.0 Å². The van der Waals surface area contributed by atoms with Crippen molar-refractivity contribution in [1.29, 1.82) is 0 Å². The first kappa shape index (κ1) is 17.6. The van der Waals surface area contributed by atoms with Crippen LogP contribution in [0.1, 0.15) is 29.5 Å². The summed E-state index contributed by atoms with van der Waals surface area (Å²) >= 11 is 0. The first-order valence-electron chi connectivity index (χ1n) is 6.85. The zero-order chi connectivity index (χ0) is 16.2. The highest BCUT2D eigenvalue weighted by Crippen LogP contribution is 2.29. The molecule has 0 aliphatic rings. The molecule has 0 fully saturated rings. The Balaban J connectivity index is 3.13. The molecule has 0 spiro atoms. The van der Waals surface area contributed by atoms with Crippen LogP contribution in [-0.4, -0.2) is 37.8 Å². The molecule has 0 amide bonds. The number of hydrogen-bond acceptors (Lipinski definition) is 5. The van der Waals surface area contributed by atoms with Gasteiger partial charge in [0.05, 0.1) is 6.04 Å². The average Bonchev–Trinajstić information content (AvgIpc) is 2.47. The van der Waals surface area contributed by atoms with Crippen molar-refractivity contribution in [2.24, 2.45) is 5.73 Å². The van der Waals surface area contributed by atoms with Crippen LogP contribution in [0.2, 0.25) is 0 Å². The summed E-state index contributed by atoms with van der Waals surface area (Å²) in [5.74, 6) is -0.608. The highest BCUT2D eigenvalue weighted by molar-refractivity contribution is 5.39. The molecule has 3 unspecified atom stereocenters. The molecule has 1 aromatic carbocycles. The van der Waals surface area contributed by atoms with Gasteiger partial charge in [0.2, 0.25) is 0 Å². The monoisotopic (exact) mass is 297 g/mol. The molecular weight excluding hydrogens is 273 g/mol. The van der Waals surface area contributed by atoms with Crippen molar-refractivity contribution in [2.75, 3.05) is 14.1 Å². The third-order valence-corrected chi connectivity index (χ3v) is 4.02. The molecule has 0 saturated carbocycles. The van der Waals surface area contributed by atoms with Gasteiger partial charge in [-0.15, -0.1) is 0 Å². The first-order valence-corrected chi connectivity index (χ1v) is 6.85. The van der Waals surface area contributed by atoms with Crippen LogP contribution in [0.25, 0.3) is 0 Å². The van der Waals surface area contributed by atoms with Crippen molar-refractivity contribution in [3.05, 3.63) is 34.6 Å². The zero-order valence-electron chi connectivity index (χ0n) is 13.2. The Hall–Kier alpha value is -1.50. The predicted octanol–water partition coefficient (Wildman–Crippen LogP) is 1.44. The third kappa shape index (κ3) is 3.78. The zero-order valence-corrected chi connectivity index (χ0v) is 13.2. The van der Waals surface area contributed by atoms with E-state index in [4.69, 9.17) is 10.5 Å². The van der Waals surface area contributed by atoms with E-state index < -0.39 is 12.3 Å². The molecule has 0 aromatic heterocycles. The molecule has 5 nitrogen and oxygen atoms in total. The molecule has 3 N–H and O–H groups in total. The van der Waals surface area contributed by atoms with E-state index in [-0.39, 0.29) is 11.7 Å². The normalized spacial score (nSPS) is 15.6. The number of carbonyl (C=O) groups excluding carboxylic acids is 1. The Kier molecular flexibility index (Phi) is 6.26. The van der Waals surface area contributed by atoms with Gasteiger partial charge in [0.15, 0.2) is 6.23 Å². The molecule has 1 aromatic rings. The van der Waals surface area contributed by atoms with Crippen LogP contribution in [0.4, 0.5) is 4.39 Å². The van der Waals surface area contributed by atoms with E-state index in [9.17, 15) is 9.18 Å². The number of nitrogens with zero attached hydrogens (tertiary/aromatic N) is 1. The van der Waals surface area contributed by atoms with Crippen molar-refractivity contribution in [1.82, 2.24) is 10.4 Å². The Morgan fingerprint density at radius 2 is 2.05 bits per heavy atom. The van der Waals surface area contributed by atoms with Gasteiger partial charge in [-0.05, 0) is 43.7 Å². The van der Waals surface area contributed by atoms with Gasteiger partial charge in [-0.1, -0.05) is 13.0 Å². The molecule has 3 atom stereocenters. The summed E-state index contributed by atoms with van der Waals surface area (Å²) in [6.07, 6.45) is -0.693. The minimum atomic E-state index is -0.693. The van der Waals surface area contributed by atoms with Crippen LogP contribution in [0.3, 0.4) is 0 Å². The number of ether oxygens (including phenoxy) is 1. The van der Waals surface area contributed by atoms with Crippen molar-refractivity contribution in [2.45, 2.75) is 39.0 Å². The molecule has 0 bridgehead atoms. The minimum Gasteiger partial charge on any atom is -0.446 e. The molecule has 6 heteroatoms. The second kappa shape index (κ2) is 7.49. The van der Waals surface area contributed by atoms with Crippen LogP contribution in [-0.2, 0) is 9.53 Å². The van der Waals surface area contributed by atoms with Crippen LogP contribution in [0.15, 0.2) is 12.1 Å². The number of carbonyl (C=O) groups is 1. The number of nitrogens with one attached hydrogen (secondary N) is 1. The summed E-state index contributed by atoms with van der Waals surface area (Å²) in [6, 6.07) is 2.60. The summed E-state index contributed by atoms with van der Waals surface area (Å²) in [7, 11) is 3.40. The quantitative estimate of drug-likeness (QED) is 0.453. The summed E-state index contributed by atoms with van der Waals surface area (Å²) < 4.78 is 19.2. The smallest absolute Gasteiger partial charge is 0.294 e. The van der Waals surface area contributed by atoms with Crippen molar-refractivity contribution < 1.29 is 13.9 Å². The first-order chi connectivity index (χ1) is 9.84. The van der Waals surface area contributed by atoms with Crippen molar-refractivity contribution in [3.63, 3.8) is 0 Å². The maximum absolute atomic E-state index is 14.2. The lowest BCUT2D eigenvalue weighted by atomic mass is 9.87. The average molecular weight is 297 g/mol. The van der Waals surface area contributed by atoms with Gasteiger partial charge in [0.1, 0.15) is 5.82 Å². The third-order valence-electron chi connectivity index (χ3n) is 4.02. The lowest BCUT2D eigenvalue weighted by Gasteiger charge is -2.34. The summed E-state index contributed by atoms with van der Waals surface area (Å²) in [5.41, 5.74) is 11.5. The highest BCUT2D eigenvalue weighted by Gasteiger charge is 2.31. The Labute approximate surface area is 125 Å². The standard InChI is InChI=1S/C15H24FN3O2/c1-9-6-7-12(16)13(10(9)2)11(3)14(17)15(21-8-20)19(5)18-4/h6-8,11,14-15,18H,17H2,1-5H3. The molecule has 0 radical (unpaired) electrons. The van der Waals surface area contributed by atoms with Crippen LogP contribution < -0.4 is 11.2 Å². The molecule has 0 saturated heterocycles. The highest BCUT2D eigenvalue weighted by atomic mass is 19.1. The molecule has 0 aliphatic heterocycles. The van der Waals surface area contributed by atoms with E-state index >= 15 is 0 Å². The number of hydrogen-bond donors (Lipinski definition) is 2. The van der Waals surface area contributed by atoms with Crippen LogP contribution in [0.5, 0.6) is 0 Å². The maximum Gasteiger partial charge on any atom is 0.294 e. The van der Waals surface area contributed by atoms with E-state index in [1.54, 1.807) is 25.2 Å². The Morgan fingerprint density at radius 3 is 2.57 bits per heavy atom. The molecule has 0 heterocycles. The fourth-order valence-electron chi connectivity index (χ4n) is 2.43. The summed E-state index contributed by atoms with van der Waals surface area (Å²) in [5, 5.41) is 1.58. The molecule has 118 valence electrons.